The first-order valence-corrected chi connectivity index (χ1v) is 7.13. The third kappa shape index (κ3) is 2.71. The monoisotopic (exact) mass is 233 g/mol. The van der Waals surface area contributed by atoms with E-state index in [4.69, 9.17) is 0 Å². The van der Waals surface area contributed by atoms with Crippen LogP contribution in [0.15, 0.2) is 12.4 Å². The van der Waals surface area contributed by atoms with Crippen LogP contribution in [-0.4, -0.2) is 16.2 Å². The molecule has 3 rings (SSSR count). The Balaban J connectivity index is 1.48. The summed E-state index contributed by atoms with van der Waals surface area (Å²) in [5.41, 5.74) is 1.27. The molecule has 0 amide bonds. The summed E-state index contributed by atoms with van der Waals surface area (Å²) in [5, 5.41) is 10.6. The molecule has 2 aliphatic rings. The van der Waals surface area contributed by atoms with E-state index in [1.54, 1.807) is 0 Å². The zero-order valence-corrected chi connectivity index (χ0v) is 10.5. The molecule has 1 aromatic heterocycles. The molecule has 2 saturated carbocycles. The van der Waals surface area contributed by atoms with Crippen LogP contribution in [0.5, 0.6) is 0 Å². The summed E-state index contributed by atoms with van der Waals surface area (Å²) in [6.45, 7) is 0.971. The minimum absolute atomic E-state index is 0.740. The van der Waals surface area contributed by atoms with Crippen LogP contribution in [0.2, 0.25) is 0 Å². The van der Waals surface area contributed by atoms with Gasteiger partial charge >= 0.3 is 0 Å². The van der Waals surface area contributed by atoms with Gasteiger partial charge in [-0.05, 0) is 31.1 Å². The molecule has 0 bridgehead atoms. The Bertz CT molecular complexity index is 333. The number of aromatic amines is 1. The first-order valence-electron chi connectivity index (χ1n) is 7.13. The summed E-state index contributed by atoms with van der Waals surface area (Å²) in [5.74, 6) is 2.06. The Morgan fingerprint density at radius 3 is 2.88 bits per heavy atom. The Morgan fingerprint density at radius 1 is 1.18 bits per heavy atom. The SMILES string of the molecule is c1n[nH]cc1CNC1CCC2CCCCC2C1. The van der Waals surface area contributed by atoms with Crippen molar-refractivity contribution in [1.29, 1.82) is 0 Å². The molecule has 1 aromatic rings. The van der Waals surface area contributed by atoms with Crippen molar-refractivity contribution >= 4 is 0 Å². The molecule has 1 heterocycles. The minimum Gasteiger partial charge on any atom is -0.310 e. The van der Waals surface area contributed by atoms with Crippen molar-refractivity contribution < 1.29 is 0 Å². The number of fused-ring (bicyclic) bond motifs is 1. The maximum absolute atomic E-state index is 3.99. The van der Waals surface area contributed by atoms with E-state index in [1.165, 1.54) is 50.5 Å². The third-order valence-electron chi connectivity index (χ3n) is 4.69. The standard InChI is InChI=1S/C14H23N3/c1-2-4-13-7-14(6-5-12(13)3-1)15-8-11-9-16-17-10-11/h9-10,12-15H,1-8H2,(H,16,17). The van der Waals surface area contributed by atoms with Gasteiger partial charge in [0.15, 0.2) is 0 Å². The van der Waals surface area contributed by atoms with Gasteiger partial charge in [0.2, 0.25) is 0 Å². The predicted octanol–water partition coefficient (Wildman–Crippen LogP) is 2.86. The maximum atomic E-state index is 3.99. The van der Waals surface area contributed by atoms with Crippen molar-refractivity contribution in [1.82, 2.24) is 15.5 Å². The minimum atomic E-state index is 0.740. The highest BCUT2D eigenvalue weighted by Crippen LogP contribution is 2.40. The van der Waals surface area contributed by atoms with Crippen LogP contribution in [0.25, 0.3) is 0 Å². The number of hydrogen-bond donors (Lipinski definition) is 2. The van der Waals surface area contributed by atoms with E-state index >= 15 is 0 Å². The van der Waals surface area contributed by atoms with Gasteiger partial charge in [-0.3, -0.25) is 5.10 Å². The highest BCUT2D eigenvalue weighted by molar-refractivity contribution is 5.02. The smallest absolute Gasteiger partial charge is 0.0532 e. The van der Waals surface area contributed by atoms with E-state index in [2.05, 4.69) is 15.5 Å². The van der Waals surface area contributed by atoms with Crippen LogP contribution >= 0.6 is 0 Å². The molecule has 0 radical (unpaired) electrons. The number of hydrogen-bond acceptors (Lipinski definition) is 2. The fraction of sp³-hybridized carbons (Fsp3) is 0.786. The van der Waals surface area contributed by atoms with Crippen molar-refractivity contribution in [2.75, 3.05) is 0 Å². The first kappa shape index (κ1) is 11.3. The Morgan fingerprint density at radius 2 is 2.06 bits per heavy atom. The molecule has 17 heavy (non-hydrogen) atoms. The average Bonchev–Trinajstić information content (AvgIpc) is 2.89. The summed E-state index contributed by atoms with van der Waals surface area (Å²) in [7, 11) is 0. The maximum Gasteiger partial charge on any atom is 0.0532 e. The van der Waals surface area contributed by atoms with Crippen molar-refractivity contribution in [2.24, 2.45) is 11.8 Å². The molecule has 0 spiro atoms. The van der Waals surface area contributed by atoms with Crippen LogP contribution in [-0.2, 0) is 6.54 Å². The Kier molecular flexibility index (Phi) is 3.46. The molecule has 2 fully saturated rings. The summed E-state index contributed by atoms with van der Waals surface area (Å²) >= 11 is 0. The molecule has 0 saturated heterocycles. The molecule has 2 aliphatic carbocycles. The summed E-state index contributed by atoms with van der Waals surface area (Å²) < 4.78 is 0. The summed E-state index contributed by atoms with van der Waals surface area (Å²) in [6.07, 6.45) is 14.1. The van der Waals surface area contributed by atoms with E-state index < -0.39 is 0 Å². The molecule has 3 atom stereocenters. The zero-order valence-electron chi connectivity index (χ0n) is 10.5. The second-order valence-electron chi connectivity index (χ2n) is 5.80. The summed E-state index contributed by atoms with van der Waals surface area (Å²) in [4.78, 5) is 0. The molecular formula is C14H23N3. The van der Waals surface area contributed by atoms with Gasteiger partial charge in [0, 0.05) is 24.3 Å². The quantitative estimate of drug-likeness (QED) is 0.843. The van der Waals surface area contributed by atoms with E-state index in [1.807, 2.05) is 12.4 Å². The van der Waals surface area contributed by atoms with Gasteiger partial charge in [0.05, 0.1) is 6.20 Å². The lowest BCUT2D eigenvalue weighted by Gasteiger charge is -2.39. The topological polar surface area (TPSA) is 40.7 Å². The lowest BCUT2D eigenvalue weighted by molar-refractivity contribution is 0.143. The van der Waals surface area contributed by atoms with E-state index in [-0.39, 0.29) is 0 Å². The second kappa shape index (κ2) is 5.21. The number of aromatic nitrogens is 2. The second-order valence-corrected chi connectivity index (χ2v) is 5.80. The van der Waals surface area contributed by atoms with Crippen molar-refractivity contribution in [3.8, 4) is 0 Å². The molecule has 2 N–H and O–H groups in total. The molecule has 0 aliphatic heterocycles. The number of nitrogens with one attached hydrogen (secondary N) is 2. The van der Waals surface area contributed by atoms with E-state index in [9.17, 15) is 0 Å². The fourth-order valence-corrected chi connectivity index (χ4v) is 3.70. The van der Waals surface area contributed by atoms with Crippen molar-refractivity contribution in [3.63, 3.8) is 0 Å². The van der Waals surface area contributed by atoms with Crippen LogP contribution in [0, 0.1) is 11.8 Å². The summed E-state index contributed by atoms with van der Waals surface area (Å²) in [6, 6.07) is 0.740. The number of nitrogens with zero attached hydrogens (tertiary/aromatic N) is 1. The van der Waals surface area contributed by atoms with E-state index in [0.29, 0.717) is 0 Å². The zero-order chi connectivity index (χ0) is 11.5. The molecule has 0 aromatic carbocycles. The molecule has 3 unspecified atom stereocenters. The lowest BCUT2D eigenvalue weighted by Crippen LogP contribution is -2.38. The Hall–Kier alpha value is -0.830. The van der Waals surface area contributed by atoms with Gasteiger partial charge in [0.25, 0.3) is 0 Å². The molecular weight excluding hydrogens is 210 g/mol. The van der Waals surface area contributed by atoms with Gasteiger partial charge < -0.3 is 5.32 Å². The number of rotatable bonds is 3. The Labute approximate surface area is 103 Å². The van der Waals surface area contributed by atoms with Gasteiger partial charge in [-0.1, -0.05) is 25.7 Å². The van der Waals surface area contributed by atoms with Crippen molar-refractivity contribution in [3.05, 3.63) is 18.0 Å². The van der Waals surface area contributed by atoms with Gasteiger partial charge in [-0.25, -0.2) is 0 Å². The van der Waals surface area contributed by atoms with E-state index in [0.717, 1.165) is 24.4 Å². The van der Waals surface area contributed by atoms with Crippen LogP contribution in [0.1, 0.15) is 50.5 Å². The molecule has 94 valence electrons. The highest BCUT2D eigenvalue weighted by atomic mass is 15.1. The van der Waals surface area contributed by atoms with Crippen LogP contribution < -0.4 is 5.32 Å². The third-order valence-corrected chi connectivity index (χ3v) is 4.69. The van der Waals surface area contributed by atoms with Gasteiger partial charge in [-0.15, -0.1) is 0 Å². The fourth-order valence-electron chi connectivity index (χ4n) is 3.70. The highest BCUT2D eigenvalue weighted by Gasteiger charge is 2.31. The normalized spacial score (nSPS) is 33.3. The van der Waals surface area contributed by atoms with Gasteiger partial charge in [-0.2, -0.15) is 5.10 Å². The molecule has 3 nitrogen and oxygen atoms in total. The lowest BCUT2D eigenvalue weighted by atomic mass is 9.69. The number of H-pyrrole nitrogens is 1. The van der Waals surface area contributed by atoms with Crippen molar-refractivity contribution in [2.45, 2.75) is 57.5 Å². The van der Waals surface area contributed by atoms with Crippen LogP contribution in [0.4, 0.5) is 0 Å². The largest absolute Gasteiger partial charge is 0.310 e. The first-order chi connectivity index (χ1) is 8.42. The van der Waals surface area contributed by atoms with Gasteiger partial charge in [0.1, 0.15) is 0 Å². The molecule has 3 heteroatoms. The van der Waals surface area contributed by atoms with Crippen LogP contribution in [0.3, 0.4) is 0 Å². The predicted molar refractivity (Wildman–Crippen MR) is 68.5 cm³/mol. The average molecular weight is 233 g/mol.